The first-order valence-electron chi connectivity index (χ1n) is 9.11. The Hall–Kier alpha value is -3.26. The normalized spacial score (nSPS) is 14.2. The van der Waals surface area contributed by atoms with Gasteiger partial charge in [-0.1, -0.05) is 6.08 Å². The van der Waals surface area contributed by atoms with Crippen molar-refractivity contribution in [2.75, 3.05) is 26.8 Å². The number of nitrogens with one attached hydrogen (secondary N) is 1. The second kappa shape index (κ2) is 7.63. The summed E-state index contributed by atoms with van der Waals surface area (Å²) in [5, 5.41) is 9.75. The van der Waals surface area contributed by atoms with E-state index < -0.39 is 18.2 Å². The zero-order valence-corrected chi connectivity index (χ0v) is 15.7. The van der Waals surface area contributed by atoms with E-state index in [1.54, 1.807) is 17.2 Å². The van der Waals surface area contributed by atoms with Gasteiger partial charge in [-0.05, 0) is 35.8 Å². The van der Waals surface area contributed by atoms with Crippen LogP contribution in [0.5, 0.6) is 5.75 Å². The summed E-state index contributed by atoms with van der Waals surface area (Å²) in [5.74, 6) is -1.99. The van der Waals surface area contributed by atoms with Crippen LogP contribution in [0.15, 0.2) is 36.5 Å². The highest BCUT2D eigenvalue weighted by molar-refractivity contribution is 5.96. The van der Waals surface area contributed by atoms with Crippen LogP contribution in [-0.4, -0.2) is 52.7 Å². The molecule has 0 spiro atoms. The molecule has 0 unspecified atom stereocenters. The van der Waals surface area contributed by atoms with Gasteiger partial charge in [0.05, 0.1) is 7.11 Å². The highest BCUT2D eigenvalue weighted by Crippen LogP contribution is 2.37. The summed E-state index contributed by atoms with van der Waals surface area (Å²) in [6.07, 6.45) is 4.15. The van der Waals surface area contributed by atoms with Gasteiger partial charge in [0, 0.05) is 42.0 Å². The zero-order chi connectivity index (χ0) is 20.5. The number of amides is 1. The van der Waals surface area contributed by atoms with Crippen molar-refractivity contribution in [1.82, 2.24) is 14.9 Å². The summed E-state index contributed by atoms with van der Waals surface area (Å²) in [6.45, 7) is 0.429. The van der Waals surface area contributed by atoms with Gasteiger partial charge in [0.25, 0.3) is 0 Å². The largest absolute Gasteiger partial charge is 0.496 e. The third-order valence-corrected chi connectivity index (χ3v) is 5.11. The molecule has 0 aliphatic carbocycles. The van der Waals surface area contributed by atoms with Crippen LogP contribution in [0.2, 0.25) is 0 Å². The van der Waals surface area contributed by atoms with Gasteiger partial charge in [-0.15, -0.1) is 0 Å². The Labute approximate surface area is 165 Å². The minimum Gasteiger partial charge on any atom is -0.496 e. The molecule has 1 aliphatic heterocycles. The lowest BCUT2D eigenvalue weighted by Gasteiger charge is -2.25. The SMILES string of the molecule is COc1cc(F)c(F)cc1-c1ccnc2[nH]c(C3=CCN(C(=O)CO)CC3)cc12. The molecule has 0 saturated carbocycles. The van der Waals surface area contributed by atoms with E-state index >= 15 is 0 Å². The lowest BCUT2D eigenvalue weighted by molar-refractivity contribution is -0.133. The smallest absolute Gasteiger partial charge is 0.248 e. The average Bonchev–Trinajstić information content (AvgIpc) is 3.19. The van der Waals surface area contributed by atoms with E-state index in [0.717, 1.165) is 28.8 Å². The number of aliphatic hydroxyl groups is 1. The summed E-state index contributed by atoms with van der Waals surface area (Å²) in [7, 11) is 1.41. The Morgan fingerprint density at radius 1 is 1.28 bits per heavy atom. The molecule has 0 saturated heterocycles. The number of fused-ring (bicyclic) bond motifs is 1. The molecule has 1 aliphatic rings. The Morgan fingerprint density at radius 3 is 2.76 bits per heavy atom. The fraction of sp³-hybridized carbons (Fsp3) is 0.238. The molecule has 3 aromatic rings. The monoisotopic (exact) mass is 399 g/mol. The second-order valence-corrected chi connectivity index (χ2v) is 6.75. The highest BCUT2D eigenvalue weighted by atomic mass is 19.2. The molecule has 2 aromatic heterocycles. The van der Waals surface area contributed by atoms with Crippen LogP contribution in [-0.2, 0) is 4.79 Å². The number of halogens is 2. The quantitative estimate of drug-likeness (QED) is 0.707. The number of hydrogen-bond acceptors (Lipinski definition) is 4. The maximum atomic E-state index is 13.9. The number of rotatable bonds is 4. The molecule has 1 amide bonds. The van der Waals surface area contributed by atoms with Gasteiger partial charge in [-0.2, -0.15) is 0 Å². The topological polar surface area (TPSA) is 78.5 Å². The summed E-state index contributed by atoms with van der Waals surface area (Å²) in [6, 6.07) is 5.79. The molecule has 6 nitrogen and oxygen atoms in total. The summed E-state index contributed by atoms with van der Waals surface area (Å²) in [4.78, 5) is 20.8. The molecule has 4 rings (SSSR count). The number of ether oxygens (including phenoxy) is 1. The molecular formula is C21H19F2N3O3. The minimum absolute atomic E-state index is 0.231. The third kappa shape index (κ3) is 3.47. The summed E-state index contributed by atoms with van der Waals surface area (Å²) < 4.78 is 32.8. The first-order valence-corrected chi connectivity index (χ1v) is 9.11. The summed E-state index contributed by atoms with van der Waals surface area (Å²) >= 11 is 0. The van der Waals surface area contributed by atoms with Gasteiger partial charge < -0.3 is 19.7 Å². The molecule has 0 bridgehead atoms. The number of H-pyrrole nitrogens is 1. The van der Waals surface area contributed by atoms with Crippen molar-refractivity contribution in [3.8, 4) is 16.9 Å². The van der Waals surface area contributed by atoms with E-state index in [2.05, 4.69) is 9.97 Å². The highest BCUT2D eigenvalue weighted by Gasteiger charge is 2.20. The molecule has 3 heterocycles. The minimum atomic E-state index is -0.972. The van der Waals surface area contributed by atoms with Crippen molar-refractivity contribution < 1.29 is 23.4 Å². The first-order chi connectivity index (χ1) is 14.0. The van der Waals surface area contributed by atoms with E-state index in [1.807, 2.05) is 12.1 Å². The van der Waals surface area contributed by atoms with Crippen LogP contribution in [0.3, 0.4) is 0 Å². The van der Waals surface area contributed by atoms with E-state index in [4.69, 9.17) is 9.84 Å². The van der Waals surface area contributed by atoms with Gasteiger partial charge in [-0.3, -0.25) is 4.79 Å². The Morgan fingerprint density at radius 2 is 2.07 bits per heavy atom. The van der Waals surface area contributed by atoms with Gasteiger partial charge >= 0.3 is 0 Å². The van der Waals surface area contributed by atoms with Crippen molar-refractivity contribution in [3.05, 3.63) is 53.9 Å². The Balaban J connectivity index is 1.75. The van der Waals surface area contributed by atoms with Crippen molar-refractivity contribution >= 4 is 22.5 Å². The number of aromatic amines is 1. The number of aromatic nitrogens is 2. The number of nitrogens with zero attached hydrogens (tertiary/aromatic N) is 2. The van der Waals surface area contributed by atoms with Crippen molar-refractivity contribution in [2.24, 2.45) is 0 Å². The summed E-state index contributed by atoms with van der Waals surface area (Å²) in [5.41, 5.74) is 3.58. The number of benzene rings is 1. The maximum Gasteiger partial charge on any atom is 0.248 e. The van der Waals surface area contributed by atoms with Crippen LogP contribution in [0.25, 0.3) is 27.7 Å². The predicted molar refractivity (Wildman–Crippen MR) is 104 cm³/mol. The first kappa shape index (κ1) is 19.1. The molecule has 150 valence electrons. The van der Waals surface area contributed by atoms with Crippen molar-refractivity contribution in [1.29, 1.82) is 0 Å². The molecular weight excluding hydrogens is 380 g/mol. The lowest BCUT2D eigenvalue weighted by Crippen LogP contribution is -2.36. The second-order valence-electron chi connectivity index (χ2n) is 6.75. The molecule has 8 heteroatoms. The number of pyridine rings is 1. The van der Waals surface area contributed by atoms with Gasteiger partial charge in [-0.25, -0.2) is 13.8 Å². The number of methoxy groups -OCH3 is 1. The van der Waals surface area contributed by atoms with Crippen LogP contribution in [0, 0.1) is 11.6 Å². The lowest BCUT2D eigenvalue weighted by atomic mass is 10.0. The van der Waals surface area contributed by atoms with Crippen LogP contribution in [0.4, 0.5) is 8.78 Å². The van der Waals surface area contributed by atoms with Crippen LogP contribution < -0.4 is 4.74 Å². The van der Waals surface area contributed by atoms with Crippen molar-refractivity contribution in [2.45, 2.75) is 6.42 Å². The number of aliphatic hydroxyl groups excluding tert-OH is 1. The third-order valence-electron chi connectivity index (χ3n) is 5.11. The Bertz CT molecular complexity index is 1120. The van der Waals surface area contributed by atoms with Crippen LogP contribution in [0.1, 0.15) is 12.1 Å². The molecule has 0 fully saturated rings. The fourth-order valence-electron chi connectivity index (χ4n) is 3.58. The van der Waals surface area contributed by atoms with Gasteiger partial charge in [0.1, 0.15) is 18.0 Å². The molecule has 29 heavy (non-hydrogen) atoms. The van der Waals surface area contributed by atoms with E-state index in [1.165, 1.54) is 7.11 Å². The fourth-order valence-corrected chi connectivity index (χ4v) is 3.58. The van der Waals surface area contributed by atoms with Crippen LogP contribution >= 0.6 is 0 Å². The van der Waals surface area contributed by atoms with E-state index in [-0.39, 0.29) is 11.7 Å². The van der Waals surface area contributed by atoms with E-state index in [0.29, 0.717) is 36.3 Å². The van der Waals surface area contributed by atoms with Crippen molar-refractivity contribution in [3.63, 3.8) is 0 Å². The van der Waals surface area contributed by atoms with Gasteiger partial charge in [0.2, 0.25) is 5.91 Å². The number of carbonyl (C=O) groups excluding carboxylic acids is 1. The Kier molecular flexibility index (Phi) is 5.02. The molecule has 2 N–H and O–H groups in total. The standard InChI is InChI=1S/C21H19F2N3O3/c1-29-19-10-17(23)16(22)8-14(19)13-2-5-24-21-15(13)9-18(25-21)12-3-6-26(7-4-12)20(28)11-27/h2-3,5,8-10,27H,4,6-7,11H2,1H3,(H,24,25). The zero-order valence-electron chi connectivity index (χ0n) is 15.7. The molecule has 1 aromatic carbocycles. The average molecular weight is 399 g/mol. The van der Waals surface area contributed by atoms with Gasteiger partial charge in [0.15, 0.2) is 11.6 Å². The molecule has 0 radical (unpaired) electrons. The number of carbonyl (C=O) groups is 1. The molecule has 0 atom stereocenters. The maximum absolute atomic E-state index is 13.9. The predicted octanol–water partition coefficient (Wildman–Crippen LogP) is 3.12. The number of hydrogen-bond donors (Lipinski definition) is 2. The van der Waals surface area contributed by atoms with E-state index in [9.17, 15) is 13.6 Å².